The number of hydrogen-bond donors (Lipinski definition) is 0. The third-order valence-corrected chi connectivity index (χ3v) is 3.11. The van der Waals surface area contributed by atoms with Crippen molar-refractivity contribution in [2.24, 2.45) is 0 Å². The van der Waals surface area contributed by atoms with Gasteiger partial charge in [0.25, 0.3) is 11.8 Å². The number of imide groups is 1. The van der Waals surface area contributed by atoms with Gasteiger partial charge in [0.05, 0.1) is 22.4 Å². The van der Waals surface area contributed by atoms with E-state index in [-0.39, 0.29) is 22.4 Å². The minimum absolute atomic E-state index is 0.0164. The Kier molecular flexibility index (Phi) is 2.58. The topological polar surface area (TPSA) is 61.2 Å². The van der Waals surface area contributed by atoms with Crippen molar-refractivity contribution in [2.75, 3.05) is 4.90 Å². The van der Waals surface area contributed by atoms with E-state index in [1.165, 1.54) is 18.2 Å². The first kappa shape index (κ1) is 12.1. The maximum Gasteiger partial charge on any atom is 0.266 e. The molecule has 3 rings (SSSR count). The summed E-state index contributed by atoms with van der Waals surface area (Å²) in [5.41, 5.74) is 0.580. The van der Waals surface area contributed by atoms with Gasteiger partial charge in [-0.15, -0.1) is 0 Å². The number of fused-ring (bicyclic) bond motifs is 1. The largest absolute Gasteiger partial charge is 0.268 e. The van der Waals surface area contributed by atoms with Crippen LogP contribution in [0.5, 0.6) is 0 Å². The molecule has 0 unspecified atom stereocenters. The molecule has 1 aliphatic rings. The van der Waals surface area contributed by atoms with E-state index < -0.39 is 17.6 Å². The fourth-order valence-electron chi connectivity index (χ4n) is 2.20. The van der Waals surface area contributed by atoms with Crippen molar-refractivity contribution in [3.63, 3.8) is 0 Å². The zero-order valence-corrected chi connectivity index (χ0v) is 10.1. The zero-order chi connectivity index (χ0) is 14.3. The van der Waals surface area contributed by atoms with E-state index in [4.69, 9.17) is 5.26 Å². The highest BCUT2D eigenvalue weighted by atomic mass is 19.1. The number of amides is 2. The molecule has 0 aromatic heterocycles. The molecular formula is C15H7FN2O2. The van der Waals surface area contributed by atoms with Crippen LogP contribution >= 0.6 is 0 Å². The lowest BCUT2D eigenvalue weighted by Crippen LogP contribution is -2.30. The third-order valence-electron chi connectivity index (χ3n) is 3.11. The second-order valence-electron chi connectivity index (χ2n) is 4.26. The molecular weight excluding hydrogens is 259 g/mol. The fraction of sp³-hybridized carbons (Fsp3) is 0. The predicted octanol–water partition coefficient (Wildman–Crippen LogP) is 2.50. The van der Waals surface area contributed by atoms with Crippen LogP contribution in [0.15, 0.2) is 42.5 Å². The molecule has 0 atom stereocenters. The first-order chi connectivity index (χ1) is 9.63. The second kappa shape index (κ2) is 4.28. The minimum Gasteiger partial charge on any atom is -0.268 e. The highest BCUT2D eigenvalue weighted by Crippen LogP contribution is 2.30. The number of carbonyl (C=O) groups excluding carboxylic acids is 2. The summed E-state index contributed by atoms with van der Waals surface area (Å²) in [7, 11) is 0. The minimum atomic E-state index is -0.618. The van der Waals surface area contributed by atoms with Crippen LogP contribution in [0.25, 0.3) is 0 Å². The Morgan fingerprint density at radius 2 is 1.70 bits per heavy atom. The molecule has 1 aliphatic heterocycles. The number of benzene rings is 2. The summed E-state index contributed by atoms with van der Waals surface area (Å²) < 4.78 is 13.2. The molecule has 0 saturated heterocycles. The number of hydrogen-bond acceptors (Lipinski definition) is 3. The van der Waals surface area contributed by atoms with Crippen LogP contribution in [-0.4, -0.2) is 11.8 Å². The summed E-state index contributed by atoms with van der Waals surface area (Å²) in [6, 6.07) is 11.7. The van der Waals surface area contributed by atoms with Crippen molar-refractivity contribution in [3.05, 3.63) is 65.0 Å². The van der Waals surface area contributed by atoms with E-state index in [2.05, 4.69) is 0 Å². The third kappa shape index (κ3) is 1.59. The highest BCUT2D eigenvalue weighted by molar-refractivity contribution is 6.34. The first-order valence-electron chi connectivity index (χ1n) is 5.81. The van der Waals surface area contributed by atoms with Crippen LogP contribution in [-0.2, 0) is 0 Å². The smallest absolute Gasteiger partial charge is 0.266 e. The lowest BCUT2D eigenvalue weighted by atomic mass is 10.1. The molecule has 0 fully saturated rings. The SMILES string of the molecule is N#Cc1ccccc1N1C(=O)c2ccc(F)cc2C1=O. The Morgan fingerprint density at radius 3 is 2.45 bits per heavy atom. The molecule has 0 aliphatic carbocycles. The quantitative estimate of drug-likeness (QED) is 0.745. The monoisotopic (exact) mass is 266 g/mol. The Morgan fingerprint density at radius 1 is 1.00 bits per heavy atom. The van der Waals surface area contributed by atoms with E-state index in [1.807, 2.05) is 6.07 Å². The molecule has 2 amide bonds. The number of anilines is 1. The number of para-hydroxylation sites is 1. The zero-order valence-electron chi connectivity index (χ0n) is 10.1. The van der Waals surface area contributed by atoms with Gasteiger partial charge in [0, 0.05) is 0 Å². The van der Waals surface area contributed by atoms with Crippen molar-refractivity contribution in [1.82, 2.24) is 0 Å². The summed E-state index contributed by atoms with van der Waals surface area (Å²) >= 11 is 0. The van der Waals surface area contributed by atoms with E-state index in [9.17, 15) is 14.0 Å². The Hall–Kier alpha value is -3.00. The Labute approximate surface area is 113 Å². The molecule has 1 heterocycles. The molecule has 0 saturated carbocycles. The number of nitriles is 1. The lowest BCUT2D eigenvalue weighted by Gasteiger charge is -2.14. The molecule has 0 N–H and O–H groups in total. The van der Waals surface area contributed by atoms with Gasteiger partial charge in [-0.2, -0.15) is 5.26 Å². The average Bonchev–Trinajstić information content (AvgIpc) is 2.70. The van der Waals surface area contributed by atoms with Crippen LogP contribution in [0.2, 0.25) is 0 Å². The number of carbonyl (C=O) groups is 2. The van der Waals surface area contributed by atoms with E-state index in [1.54, 1.807) is 12.1 Å². The maximum absolute atomic E-state index is 13.2. The van der Waals surface area contributed by atoms with E-state index in [0.29, 0.717) is 0 Å². The van der Waals surface area contributed by atoms with Crippen LogP contribution < -0.4 is 4.90 Å². The summed E-state index contributed by atoms with van der Waals surface area (Å²) in [6.07, 6.45) is 0. The van der Waals surface area contributed by atoms with Gasteiger partial charge in [-0.05, 0) is 30.3 Å². The van der Waals surface area contributed by atoms with Gasteiger partial charge in [-0.25, -0.2) is 9.29 Å². The van der Waals surface area contributed by atoms with Gasteiger partial charge in [0.1, 0.15) is 11.9 Å². The van der Waals surface area contributed by atoms with Crippen molar-refractivity contribution < 1.29 is 14.0 Å². The van der Waals surface area contributed by atoms with Gasteiger partial charge >= 0.3 is 0 Å². The molecule has 0 bridgehead atoms. The molecule has 20 heavy (non-hydrogen) atoms. The van der Waals surface area contributed by atoms with E-state index in [0.717, 1.165) is 17.0 Å². The average molecular weight is 266 g/mol. The van der Waals surface area contributed by atoms with Crippen LogP contribution in [0.1, 0.15) is 26.3 Å². The number of rotatable bonds is 1. The van der Waals surface area contributed by atoms with Gasteiger partial charge in [0.15, 0.2) is 0 Å². The number of halogens is 1. The second-order valence-corrected chi connectivity index (χ2v) is 4.26. The maximum atomic E-state index is 13.2. The normalized spacial score (nSPS) is 13.3. The fourth-order valence-corrected chi connectivity index (χ4v) is 2.20. The summed E-state index contributed by atoms with van der Waals surface area (Å²) in [5, 5.41) is 9.05. The Balaban J connectivity index is 2.17. The van der Waals surface area contributed by atoms with Gasteiger partial charge < -0.3 is 0 Å². The van der Waals surface area contributed by atoms with Crippen LogP contribution in [0.3, 0.4) is 0 Å². The first-order valence-corrected chi connectivity index (χ1v) is 5.81. The standard InChI is InChI=1S/C15H7FN2O2/c16-10-5-6-11-12(7-10)15(20)18(14(11)19)13-4-2-1-3-9(13)8-17/h1-7H. The van der Waals surface area contributed by atoms with Crippen molar-refractivity contribution in [2.45, 2.75) is 0 Å². The van der Waals surface area contributed by atoms with Crippen molar-refractivity contribution in [1.29, 1.82) is 5.26 Å². The van der Waals surface area contributed by atoms with Crippen LogP contribution in [0.4, 0.5) is 10.1 Å². The Bertz CT molecular complexity index is 793. The summed E-state index contributed by atoms with van der Waals surface area (Å²) in [4.78, 5) is 25.4. The summed E-state index contributed by atoms with van der Waals surface area (Å²) in [6.45, 7) is 0. The molecule has 0 radical (unpaired) electrons. The molecule has 0 spiro atoms. The predicted molar refractivity (Wildman–Crippen MR) is 68.7 cm³/mol. The molecule has 2 aromatic rings. The van der Waals surface area contributed by atoms with E-state index >= 15 is 0 Å². The van der Waals surface area contributed by atoms with Crippen molar-refractivity contribution in [3.8, 4) is 6.07 Å². The molecule has 2 aromatic carbocycles. The van der Waals surface area contributed by atoms with Crippen LogP contribution in [0, 0.1) is 17.1 Å². The highest BCUT2D eigenvalue weighted by Gasteiger charge is 2.37. The van der Waals surface area contributed by atoms with Gasteiger partial charge in [0.2, 0.25) is 0 Å². The van der Waals surface area contributed by atoms with Gasteiger partial charge in [-0.3, -0.25) is 9.59 Å². The summed E-state index contributed by atoms with van der Waals surface area (Å²) in [5.74, 6) is -1.75. The van der Waals surface area contributed by atoms with Crippen molar-refractivity contribution >= 4 is 17.5 Å². The molecule has 5 heteroatoms. The lowest BCUT2D eigenvalue weighted by molar-refractivity contribution is 0.0926. The van der Waals surface area contributed by atoms with Gasteiger partial charge in [-0.1, -0.05) is 12.1 Å². The molecule has 4 nitrogen and oxygen atoms in total. The molecule has 96 valence electrons. The number of nitrogens with zero attached hydrogens (tertiary/aromatic N) is 2.